The van der Waals surface area contributed by atoms with E-state index in [1.807, 2.05) is 0 Å². The predicted molar refractivity (Wildman–Crippen MR) is 90.7 cm³/mol. The third-order valence-corrected chi connectivity index (χ3v) is 4.34. The number of rotatable bonds is 16. The Hall–Kier alpha value is -0.0500. The van der Waals surface area contributed by atoms with Gasteiger partial charge in [0.05, 0.1) is 0 Å². The summed E-state index contributed by atoms with van der Waals surface area (Å²) in [5.74, 6) is -0.655. The van der Waals surface area contributed by atoms with Crippen molar-refractivity contribution in [1.82, 2.24) is 0 Å². The quantitative estimate of drug-likeness (QED) is 0.262. The van der Waals surface area contributed by atoms with E-state index in [0.29, 0.717) is 6.42 Å². The fourth-order valence-electron chi connectivity index (χ4n) is 2.49. The zero-order valence-corrected chi connectivity index (χ0v) is 14.6. The Morgan fingerprint density at radius 1 is 0.600 bits per heavy atom. The zero-order chi connectivity index (χ0) is 14.9. The molecule has 3 heteroatoms. The van der Waals surface area contributed by atoms with Crippen LogP contribution >= 0.6 is 15.9 Å². The monoisotopic (exact) mass is 348 g/mol. The van der Waals surface area contributed by atoms with Gasteiger partial charge < -0.3 is 5.11 Å². The molecule has 1 N–H and O–H groups in total. The van der Waals surface area contributed by atoms with Crippen LogP contribution in [-0.2, 0) is 4.79 Å². The maximum Gasteiger partial charge on any atom is 0.303 e. The second-order valence-corrected chi connectivity index (χ2v) is 6.58. The number of alkyl halides is 1. The summed E-state index contributed by atoms with van der Waals surface area (Å²) in [4.78, 5) is 10.3. The minimum Gasteiger partial charge on any atom is -0.481 e. The second-order valence-electron chi connectivity index (χ2n) is 5.78. The molecule has 120 valence electrons. The van der Waals surface area contributed by atoms with Gasteiger partial charge in [0, 0.05) is 11.8 Å². The van der Waals surface area contributed by atoms with Gasteiger partial charge in [-0.1, -0.05) is 93.0 Å². The van der Waals surface area contributed by atoms with Crippen LogP contribution in [0.4, 0.5) is 0 Å². The van der Waals surface area contributed by atoms with Crippen molar-refractivity contribution < 1.29 is 9.90 Å². The van der Waals surface area contributed by atoms with Crippen molar-refractivity contribution in [3.8, 4) is 0 Å². The van der Waals surface area contributed by atoms with E-state index < -0.39 is 5.97 Å². The third kappa shape index (κ3) is 17.9. The predicted octanol–water partition coefficient (Wildman–Crippen LogP) is 6.32. The number of aliphatic carboxylic acids is 1. The van der Waals surface area contributed by atoms with Gasteiger partial charge in [0.1, 0.15) is 0 Å². The van der Waals surface area contributed by atoms with Crippen molar-refractivity contribution in [2.75, 3.05) is 5.33 Å². The van der Waals surface area contributed by atoms with Gasteiger partial charge in [0.2, 0.25) is 0 Å². The molecule has 0 bridgehead atoms. The van der Waals surface area contributed by atoms with Crippen LogP contribution in [0.3, 0.4) is 0 Å². The molecule has 0 aromatic rings. The average Bonchev–Trinajstić information content (AvgIpc) is 2.43. The summed E-state index contributed by atoms with van der Waals surface area (Å²) in [6.07, 6.45) is 18.6. The second kappa shape index (κ2) is 17.0. The van der Waals surface area contributed by atoms with Crippen molar-refractivity contribution in [3.05, 3.63) is 0 Å². The molecule has 0 amide bonds. The lowest BCUT2D eigenvalue weighted by Gasteiger charge is -2.03. The largest absolute Gasteiger partial charge is 0.481 e. The molecule has 0 aromatic carbocycles. The summed E-state index contributed by atoms with van der Waals surface area (Å²) in [5, 5.41) is 9.67. The van der Waals surface area contributed by atoms with Gasteiger partial charge in [-0.05, 0) is 12.8 Å². The number of carboxylic acids is 1. The van der Waals surface area contributed by atoms with E-state index in [4.69, 9.17) is 5.11 Å². The van der Waals surface area contributed by atoms with Gasteiger partial charge in [-0.3, -0.25) is 4.79 Å². The fraction of sp³-hybridized carbons (Fsp3) is 0.941. The third-order valence-electron chi connectivity index (χ3n) is 3.77. The van der Waals surface area contributed by atoms with Crippen LogP contribution in [0.2, 0.25) is 0 Å². The molecule has 0 aromatic heterocycles. The van der Waals surface area contributed by atoms with E-state index in [0.717, 1.165) is 18.2 Å². The number of hydrogen-bond donors (Lipinski definition) is 1. The highest BCUT2D eigenvalue weighted by atomic mass is 79.9. The normalized spacial score (nSPS) is 10.8. The molecule has 0 aliphatic carbocycles. The lowest BCUT2D eigenvalue weighted by atomic mass is 10.0. The summed E-state index contributed by atoms with van der Waals surface area (Å²) in [6, 6.07) is 0. The van der Waals surface area contributed by atoms with Gasteiger partial charge in [-0.15, -0.1) is 0 Å². The van der Waals surface area contributed by atoms with Gasteiger partial charge >= 0.3 is 5.97 Å². The molecule has 0 unspecified atom stereocenters. The smallest absolute Gasteiger partial charge is 0.303 e. The molecule has 0 rings (SSSR count). The molecule has 0 fully saturated rings. The van der Waals surface area contributed by atoms with E-state index in [1.54, 1.807) is 0 Å². The summed E-state index contributed by atoms with van der Waals surface area (Å²) in [6.45, 7) is 0. The molecule has 0 saturated carbocycles. The summed E-state index contributed by atoms with van der Waals surface area (Å²) in [7, 11) is 0. The molecule has 0 saturated heterocycles. The molecule has 0 radical (unpaired) electrons. The fourth-order valence-corrected chi connectivity index (χ4v) is 2.89. The molecule has 0 atom stereocenters. The Morgan fingerprint density at radius 2 is 0.900 bits per heavy atom. The number of unbranched alkanes of at least 4 members (excludes halogenated alkanes) is 13. The molecule has 0 aliphatic rings. The average molecular weight is 349 g/mol. The van der Waals surface area contributed by atoms with Gasteiger partial charge in [0.25, 0.3) is 0 Å². The summed E-state index contributed by atoms with van der Waals surface area (Å²) < 4.78 is 0. The summed E-state index contributed by atoms with van der Waals surface area (Å²) in [5.41, 5.74) is 0. The van der Waals surface area contributed by atoms with Crippen LogP contribution in [0.25, 0.3) is 0 Å². The molecule has 0 aliphatic heterocycles. The zero-order valence-electron chi connectivity index (χ0n) is 13.0. The highest BCUT2D eigenvalue weighted by molar-refractivity contribution is 9.09. The van der Waals surface area contributed by atoms with Crippen LogP contribution in [0, 0.1) is 0 Å². The van der Waals surface area contributed by atoms with Crippen LogP contribution in [0.5, 0.6) is 0 Å². The van der Waals surface area contributed by atoms with Gasteiger partial charge in [-0.2, -0.15) is 0 Å². The van der Waals surface area contributed by atoms with E-state index in [1.165, 1.54) is 77.0 Å². The highest BCUT2D eigenvalue weighted by Gasteiger charge is 1.97. The number of carbonyl (C=O) groups is 1. The lowest BCUT2D eigenvalue weighted by Crippen LogP contribution is -1.93. The minimum absolute atomic E-state index is 0.343. The Bertz CT molecular complexity index is 207. The topological polar surface area (TPSA) is 37.3 Å². The van der Waals surface area contributed by atoms with Crippen LogP contribution in [-0.4, -0.2) is 16.4 Å². The maximum absolute atomic E-state index is 10.3. The Balaban J connectivity index is 2.94. The molecule has 0 spiro atoms. The van der Waals surface area contributed by atoms with Crippen LogP contribution in [0.1, 0.15) is 96.3 Å². The van der Waals surface area contributed by atoms with Crippen molar-refractivity contribution in [2.45, 2.75) is 96.3 Å². The maximum atomic E-state index is 10.3. The van der Waals surface area contributed by atoms with Crippen LogP contribution in [0.15, 0.2) is 0 Å². The van der Waals surface area contributed by atoms with Gasteiger partial charge in [0.15, 0.2) is 0 Å². The van der Waals surface area contributed by atoms with Gasteiger partial charge in [-0.25, -0.2) is 0 Å². The van der Waals surface area contributed by atoms with Crippen LogP contribution < -0.4 is 0 Å². The summed E-state index contributed by atoms with van der Waals surface area (Å²) >= 11 is 3.47. The lowest BCUT2D eigenvalue weighted by molar-refractivity contribution is -0.137. The van der Waals surface area contributed by atoms with E-state index in [-0.39, 0.29) is 0 Å². The first-order valence-corrected chi connectivity index (χ1v) is 9.67. The standard InChI is InChI=1S/C17H33BrO2/c18-16-14-12-10-8-6-4-2-1-3-5-7-9-11-13-15-17(19)20/h1-16H2,(H,19,20). The molecular formula is C17H33BrO2. The van der Waals surface area contributed by atoms with Crippen molar-refractivity contribution >= 4 is 21.9 Å². The molecular weight excluding hydrogens is 316 g/mol. The SMILES string of the molecule is O=C(O)CCCCCCCCCCCCCCCCBr. The first-order valence-electron chi connectivity index (χ1n) is 8.55. The minimum atomic E-state index is -0.655. The first-order chi connectivity index (χ1) is 9.77. The number of halogens is 1. The Labute approximate surface area is 133 Å². The van der Waals surface area contributed by atoms with E-state index >= 15 is 0 Å². The Morgan fingerprint density at radius 3 is 1.20 bits per heavy atom. The Kier molecular flexibility index (Phi) is 17.0. The highest BCUT2D eigenvalue weighted by Crippen LogP contribution is 2.13. The molecule has 2 nitrogen and oxygen atoms in total. The first kappa shape index (κ1) is 19.9. The van der Waals surface area contributed by atoms with Crippen molar-refractivity contribution in [1.29, 1.82) is 0 Å². The number of carboxylic acid groups (broad SMARTS) is 1. The van der Waals surface area contributed by atoms with E-state index in [9.17, 15) is 4.79 Å². The molecule has 20 heavy (non-hydrogen) atoms. The van der Waals surface area contributed by atoms with Crippen molar-refractivity contribution in [2.24, 2.45) is 0 Å². The number of hydrogen-bond acceptors (Lipinski definition) is 1. The molecule has 0 heterocycles. The van der Waals surface area contributed by atoms with E-state index in [2.05, 4.69) is 15.9 Å². The van der Waals surface area contributed by atoms with Crippen molar-refractivity contribution in [3.63, 3.8) is 0 Å².